The highest BCUT2D eigenvalue weighted by molar-refractivity contribution is 8.77. The van der Waals surface area contributed by atoms with Crippen molar-refractivity contribution >= 4 is 204 Å². The second-order valence-electron chi connectivity index (χ2n) is 29.5. The van der Waals surface area contributed by atoms with E-state index in [0.29, 0.717) is 5.65 Å². The van der Waals surface area contributed by atoms with Gasteiger partial charge in [-0.15, -0.1) is 11.7 Å². The Morgan fingerprint density at radius 1 is 0.348 bits per heavy atom. The Bertz CT molecular complexity index is 6080. The fourth-order valence-electron chi connectivity index (χ4n) is 14.7. The van der Waals surface area contributed by atoms with Crippen molar-refractivity contribution in [3.8, 4) is 0 Å². The van der Waals surface area contributed by atoms with E-state index in [1.807, 2.05) is 20.1 Å². The Morgan fingerprint density at radius 2 is 0.583 bits per heavy atom. The first kappa shape index (κ1) is 101. The fraction of sp³-hybridized carbons (Fsp3) is 0.565. The van der Waals surface area contributed by atoms with E-state index in [4.69, 9.17) is 67.9 Å². The lowest BCUT2D eigenvalue weighted by atomic mass is 10.2. The van der Waals surface area contributed by atoms with Crippen LogP contribution >= 0.6 is 102 Å². The minimum Gasteiger partial charge on any atom is -0.394 e. The van der Waals surface area contributed by atoms with Crippen LogP contribution < -0.4 is 67.8 Å². The number of aromatic nitrogens is 24. The molecule has 12 aromatic rings. The zero-order valence-electron chi connectivity index (χ0n) is 69.6. The van der Waals surface area contributed by atoms with Crippen LogP contribution in [0.1, 0.15) is 71.0 Å². The summed E-state index contributed by atoms with van der Waals surface area (Å²) in [5.74, 6) is 2.47. The van der Waals surface area contributed by atoms with E-state index in [9.17, 15) is 84.9 Å². The van der Waals surface area contributed by atoms with Crippen LogP contribution in [0.4, 0.5) is 35.7 Å². The van der Waals surface area contributed by atoms with Gasteiger partial charge in [-0.3, -0.25) is 86.1 Å². The molecule has 6 aliphatic rings. The monoisotopic (exact) mass is 2020 g/mol. The van der Waals surface area contributed by atoms with Crippen LogP contribution in [0, 0.1) is 0 Å². The van der Waals surface area contributed by atoms with Gasteiger partial charge in [-0.25, -0.2) is 29.9 Å². The Kier molecular flexibility index (Phi) is 33.9. The standard InChI is InChI=1S/C13H19N5O4S2.C13H19N5O4S.C12H17N5O4S2.C11H15N5O4S.C10H13N5O4S2.C10H13N5O4S/c1-2-3-23-24-9-8(20)6(4-19)22-12(9)18-5-15-7-10(18)16-13(14)17-11(7)21;1-2-3-23-9-8(20)6(4-19)22-12(9)18-5-15-7-10(18)16-13(14)17-11(7)21;1-2-22-23-8-7(19)5(3-18)21-11(8)17-4-14-6-9(17)15-12(13)16-10(6)20;1-21-7-6(18)4(2-17)20-10(7)16-3-13-5-8(16)14-11(12)15-9(5)19;11-10-13-7-4(8(18)14-10)12-2-15(7)9-6(21-20)5(17)3(1-16)19-9;11-10-13-7-4(8(18)14-10)12-2-15(7)9-6(20)5(17)3(1-16)19-9/h5-6,8-9,12,19-20H,2-4H2,1H3,(H3,14,16,17,21);5-6,8-9,12,19-20H,2-4H2,1H3,(H3,14,16,17,21);4-5,7-8,11,18-19H,2-3H2,1H3,(H3,13,15,16,20);3-4,6-7,10,17-18H,2H2,1H3,(H3,12,14,15,19);2-3,5-6,9,16-17,20H,1H2,(H3,11,13,14,18);2-3,5-6,9,16-17,20H,1H2,(H3,11,13,14,18)/t2*6-,8+,9?,12-;5-,7+,8?,11-;4-,6+,7?,10-;2*3-,5+,6?,9-/m111111/s1. The molecule has 54 nitrogen and oxygen atoms in total. The molecule has 6 saturated heterocycles. The van der Waals surface area contributed by atoms with Crippen LogP contribution in [0.3, 0.4) is 0 Å². The summed E-state index contributed by atoms with van der Waals surface area (Å²) in [6.45, 7) is 4.29. The summed E-state index contributed by atoms with van der Waals surface area (Å²) in [6.07, 6.45) is -0.913. The van der Waals surface area contributed by atoms with Gasteiger partial charge >= 0.3 is 0 Å². The highest BCUT2D eigenvalue weighted by Gasteiger charge is 2.51. The molecule has 63 heteroatoms. The molecule has 6 fully saturated rings. The number of aromatic amines is 6. The molecule has 0 aromatic carbocycles. The van der Waals surface area contributed by atoms with Gasteiger partial charge in [0.05, 0.1) is 146 Å². The molecule has 6 unspecified atom stereocenters. The van der Waals surface area contributed by atoms with Crippen LogP contribution in [0.2, 0.25) is 0 Å². The number of nitrogens with one attached hydrogen (secondary N) is 6. The molecule has 0 radical (unpaired) electrons. The first-order valence-corrected chi connectivity index (χ1v) is 49.6. The highest BCUT2D eigenvalue weighted by atomic mass is 33.1. The molecule has 24 atom stereocenters. The van der Waals surface area contributed by atoms with Crippen molar-refractivity contribution in [1.82, 2.24) is 117 Å². The van der Waals surface area contributed by atoms with E-state index in [2.05, 4.69) is 121 Å². The number of nitrogen functional groups attached to an aromatic ring is 6. The van der Waals surface area contributed by atoms with E-state index in [1.54, 1.807) is 51.6 Å². The number of hydrogen-bond acceptors (Lipinski definition) is 51. The minimum absolute atomic E-state index is 0.0146. The van der Waals surface area contributed by atoms with Crippen LogP contribution in [-0.4, -0.2) is 346 Å². The molecule has 0 saturated carbocycles. The predicted octanol–water partition coefficient (Wildman–Crippen LogP) is -4.87. The Labute approximate surface area is 779 Å². The number of fused-ring (bicyclic) bond motifs is 6. The van der Waals surface area contributed by atoms with Crippen molar-refractivity contribution < 1.29 is 89.7 Å². The number of hydrogen-bond donors (Lipinski definition) is 26. The van der Waals surface area contributed by atoms with Crippen molar-refractivity contribution in [1.29, 1.82) is 0 Å². The van der Waals surface area contributed by atoms with E-state index in [0.717, 1.165) is 40.9 Å². The van der Waals surface area contributed by atoms with Crippen molar-refractivity contribution in [2.45, 2.75) is 176 Å². The quantitative estimate of drug-likeness (QED) is 0.0153. The van der Waals surface area contributed by atoms with Gasteiger partial charge in [0.15, 0.2) is 104 Å². The minimum atomic E-state index is -0.940. The third kappa shape index (κ3) is 20.8. The second kappa shape index (κ2) is 44.4. The van der Waals surface area contributed by atoms with Gasteiger partial charge in [-0.05, 0) is 24.9 Å². The molecular weight excluding hydrogens is 1920 g/mol. The smallest absolute Gasteiger partial charge is 0.280 e. The predicted molar refractivity (Wildman–Crippen MR) is 498 cm³/mol. The summed E-state index contributed by atoms with van der Waals surface area (Å²) >= 11 is 11.4. The topological polar surface area (TPSA) is 836 Å². The summed E-state index contributed by atoms with van der Waals surface area (Å²) in [7, 11) is 7.28. The largest absolute Gasteiger partial charge is 0.394 e. The van der Waals surface area contributed by atoms with E-state index in [1.165, 1.54) is 80.4 Å². The lowest BCUT2D eigenvalue weighted by Gasteiger charge is -2.20. The van der Waals surface area contributed by atoms with Gasteiger partial charge in [-0.2, -0.15) is 66.1 Å². The third-order valence-electron chi connectivity index (χ3n) is 21.0. The summed E-state index contributed by atoms with van der Waals surface area (Å²) in [5.41, 5.74) is 33.3. The maximum Gasteiger partial charge on any atom is 0.280 e. The molecule has 6 aliphatic heterocycles. The molecule has 0 spiro atoms. The lowest BCUT2D eigenvalue weighted by Crippen LogP contribution is -2.31. The second-order valence-corrected chi connectivity index (χ2v) is 39.3. The SMILES string of the molecule is CCCSC1[C@@H](O)[C@@H](CO)O[C@H]1n1cnc2c(=O)[nH]c(N)nc21.CCCSSC1[C@@H](O)[C@@H](CO)O[C@H]1n1cnc2c(=O)[nH]c(N)nc21.CCSSC1[C@@H](O)[C@@H](CO)O[C@H]1n1cnc2c(=O)[nH]c(N)nc21.CSC1[C@@H](O)[C@@H](CO)O[C@H]1n1cnc2c(=O)[nH]c(N)nc21.Nc1nc2c(ncn2[C@@H]2O[C@H](CO)[C@H](O)C2S)c(=O)[nH]1.Nc1nc2c(ncn2[C@@H]2O[C@H](CO)[C@H](O)C2SS)c(=O)[nH]1. The number of anilines is 6. The Balaban J connectivity index is 0.000000135. The molecule has 18 rings (SSSR count). The normalized spacial score (nSPS) is 28.5. The van der Waals surface area contributed by atoms with Crippen molar-refractivity contribution in [2.24, 2.45) is 0 Å². The molecule has 0 bridgehead atoms. The van der Waals surface area contributed by atoms with Crippen molar-refractivity contribution in [3.05, 3.63) is 100 Å². The molecule has 720 valence electrons. The molecule has 18 heterocycles. The van der Waals surface area contributed by atoms with Crippen LogP contribution in [0.5, 0.6) is 0 Å². The summed E-state index contributed by atoms with van der Waals surface area (Å²) < 4.78 is 43.4. The first-order valence-electron chi connectivity index (χ1n) is 40.0. The lowest BCUT2D eigenvalue weighted by molar-refractivity contribution is -0.0430. The summed E-state index contributed by atoms with van der Waals surface area (Å²) in [4.78, 5) is 134. The zero-order chi connectivity index (χ0) is 95.1. The van der Waals surface area contributed by atoms with E-state index in [-0.39, 0.29) is 158 Å². The van der Waals surface area contributed by atoms with Crippen LogP contribution in [0.25, 0.3) is 67.0 Å². The van der Waals surface area contributed by atoms with Gasteiger partial charge in [0.25, 0.3) is 33.4 Å². The van der Waals surface area contributed by atoms with Gasteiger partial charge in [0.1, 0.15) is 36.6 Å². The summed E-state index contributed by atoms with van der Waals surface area (Å²) in [6, 6.07) is 0. The number of thioether (sulfide) groups is 2. The van der Waals surface area contributed by atoms with Crippen LogP contribution in [0.15, 0.2) is 66.7 Å². The van der Waals surface area contributed by atoms with Gasteiger partial charge in [0.2, 0.25) is 35.7 Å². The molecule has 132 heavy (non-hydrogen) atoms. The third-order valence-corrected chi connectivity index (χ3v) is 31.6. The molecule has 30 N–H and O–H groups in total. The van der Waals surface area contributed by atoms with E-state index >= 15 is 0 Å². The number of thiol groups is 2. The van der Waals surface area contributed by atoms with Crippen molar-refractivity contribution in [3.63, 3.8) is 0 Å². The average Bonchev–Trinajstić information content (AvgIpc) is 1.61. The first-order chi connectivity index (χ1) is 63.3. The summed E-state index contributed by atoms with van der Waals surface area (Å²) in [5, 5.41) is 115. The number of ether oxygens (including phenoxy) is 6. The maximum atomic E-state index is 11.9. The number of aliphatic hydroxyl groups is 12. The number of nitrogens with zero attached hydrogens (tertiary/aromatic N) is 18. The zero-order valence-corrected chi connectivity index (χ0v) is 77.1. The fourth-order valence-corrected chi connectivity index (χ4v) is 23.8. The molecule has 0 amide bonds. The van der Waals surface area contributed by atoms with Crippen molar-refractivity contribution in [2.75, 3.05) is 97.6 Å². The molecule has 12 aromatic heterocycles. The maximum absolute atomic E-state index is 11.9. The van der Waals surface area contributed by atoms with Gasteiger partial charge in [-0.1, -0.05) is 74.7 Å². The van der Waals surface area contributed by atoms with Gasteiger partial charge in [0, 0.05) is 11.5 Å². The number of H-pyrrole nitrogens is 6. The number of rotatable bonds is 24. The molecule has 0 aliphatic carbocycles. The number of aliphatic hydroxyl groups excluding tert-OH is 12. The molecular formula is C69H96N30O24S9. The average molecular weight is 2020 g/mol. The number of imidazole rings is 6. The number of nitrogens with two attached hydrogens (primary N) is 6. The van der Waals surface area contributed by atoms with Gasteiger partial charge < -0.3 is 124 Å². The highest BCUT2D eigenvalue weighted by Crippen LogP contribution is 2.47. The Morgan fingerprint density at radius 3 is 0.848 bits per heavy atom. The van der Waals surface area contributed by atoms with E-state index < -0.39 is 154 Å². The van der Waals surface area contributed by atoms with Crippen LogP contribution in [-0.2, 0) is 28.4 Å². The Hall–Kier alpha value is -8.67.